The van der Waals surface area contributed by atoms with E-state index in [1.54, 1.807) is 12.1 Å². The second kappa shape index (κ2) is 10.5. The number of hydrogen-bond donors (Lipinski definition) is 1. The molecule has 0 aromatic heterocycles. The Kier molecular flexibility index (Phi) is 7.46. The highest BCUT2D eigenvalue weighted by molar-refractivity contribution is 5.79. The molecular formula is C27H36FN3O. The van der Waals surface area contributed by atoms with E-state index < -0.39 is 0 Å². The SMILES string of the molecule is CC(C)CNC(=O)Cc1ccc2c(c1)N(C1CCN(CCc3ccc(F)cc3)CC1)CC2. The van der Waals surface area contributed by atoms with Crippen LogP contribution < -0.4 is 10.2 Å². The van der Waals surface area contributed by atoms with Crippen molar-refractivity contribution < 1.29 is 9.18 Å². The Bertz CT molecular complexity index is 904. The number of likely N-dealkylation sites (tertiary alicyclic amines) is 1. The van der Waals surface area contributed by atoms with E-state index in [4.69, 9.17) is 0 Å². The van der Waals surface area contributed by atoms with Crippen LogP contribution in [0.3, 0.4) is 0 Å². The van der Waals surface area contributed by atoms with Crippen molar-refractivity contribution in [3.63, 3.8) is 0 Å². The third kappa shape index (κ3) is 5.89. The Balaban J connectivity index is 1.29. The minimum absolute atomic E-state index is 0.109. The van der Waals surface area contributed by atoms with E-state index in [0.717, 1.165) is 51.1 Å². The molecular weight excluding hydrogens is 401 g/mol. The van der Waals surface area contributed by atoms with Gasteiger partial charge in [-0.1, -0.05) is 38.1 Å². The number of anilines is 1. The first-order valence-electron chi connectivity index (χ1n) is 12.1. The normalized spacial score (nSPS) is 17.1. The van der Waals surface area contributed by atoms with E-state index in [1.165, 1.54) is 29.7 Å². The first-order valence-corrected chi connectivity index (χ1v) is 12.1. The molecule has 1 amide bonds. The molecule has 32 heavy (non-hydrogen) atoms. The van der Waals surface area contributed by atoms with Gasteiger partial charge in [-0.25, -0.2) is 4.39 Å². The summed E-state index contributed by atoms with van der Waals surface area (Å²) in [5, 5.41) is 3.03. The van der Waals surface area contributed by atoms with Crippen LogP contribution in [-0.4, -0.2) is 49.6 Å². The van der Waals surface area contributed by atoms with Crippen molar-refractivity contribution in [2.75, 3.05) is 37.6 Å². The number of nitrogens with zero attached hydrogens (tertiary/aromatic N) is 2. The van der Waals surface area contributed by atoms with Crippen molar-refractivity contribution in [2.24, 2.45) is 5.92 Å². The predicted octanol–water partition coefficient (Wildman–Crippen LogP) is 4.21. The zero-order valence-electron chi connectivity index (χ0n) is 19.4. The molecule has 2 aliphatic heterocycles. The fourth-order valence-electron chi connectivity index (χ4n) is 4.90. The number of carbonyl (C=O) groups is 1. The van der Waals surface area contributed by atoms with Gasteiger partial charge < -0.3 is 15.1 Å². The van der Waals surface area contributed by atoms with Gasteiger partial charge in [0.1, 0.15) is 5.82 Å². The molecule has 4 nitrogen and oxygen atoms in total. The maximum Gasteiger partial charge on any atom is 0.224 e. The van der Waals surface area contributed by atoms with E-state index in [2.05, 4.69) is 47.2 Å². The topological polar surface area (TPSA) is 35.6 Å². The molecule has 1 saturated heterocycles. The minimum atomic E-state index is -0.167. The molecule has 2 heterocycles. The molecule has 5 heteroatoms. The fourth-order valence-corrected chi connectivity index (χ4v) is 4.90. The highest BCUT2D eigenvalue weighted by atomic mass is 19.1. The third-order valence-electron chi connectivity index (χ3n) is 6.78. The minimum Gasteiger partial charge on any atom is -0.368 e. The van der Waals surface area contributed by atoms with Gasteiger partial charge in [0.05, 0.1) is 6.42 Å². The number of piperidine rings is 1. The van der Waals surface area contributed by atoms with Gasteiger partial charge in [-0.15, -0.1) is 0 Å². The third-order valence-corrected chi connectivity index (χ3v) is 6.78. The van der Waals surface area contributed by atoms with E-state index in [1.807, 2.05) is 12.1 Å². The van der Waals surface area contributed by atoms with E-state index in [9.17, 15) is 9.18 Å². The second-order valence-corrected chi connectivity index (χ2v) is 9.73. The van der Waals surface area contributed by atoms with Crippen LogP contribution >= 0.6 is 0 Å². The smallest absolute Gasteiger partial charge is 0.224 e. The lowest BCUT2D eigenvalue weighted by Crippen LogP contribution is -2.45. The largest absolute Gasteiger partial charge is 0.368 e. The highest BCUT2D eigenvalue weighted by Crippen LogP contribution is 2.33. The molecule has 1 fully saturated rings. The van der Waals surface area contributed by atoms with E-state index >= 15 is 0 Å². The number of hydrogen-bond acceptors (Lipinski definition) is 3. The number of rotatable bonds is 8. The van der Waals surface area contributed by atoms with Gasteiger partial charge in [-0.3, -0.25) is 4.79 Å². The number of amides is 1. The quantitative estimate of drug-likeness (QED) is 0.672. The predicted molar refractivity (Wildman–Crippen MR) is 129 cm³/mol. The van der Waals surface area contributed by atoms with E-state index in [0.29, 0.717) is 18.4 Å². The van der Waals surface area contributed by atoms with Crippen molar-refractivity contribution in [1.29, 1.82) is 0 Å². The van der Waals surface area contributed by atoms with Gasteiger partial charge in [0.25, 0.3) is 0 Å². The lowest BCUT2D eigenvalue weighted by atomic mass is 10.0. The Morgan fingerprint density at radius 3 is 2.50 bits per heavy atom. The van der Waals surface area contributed by atoms with Gasteiger partial charge in [0, 0.05) is 44.5 Å². The molecule has 0 unspecified atom stereocenters. The summed E-state index contributed by atoms with van der Waals surface area (Å²) in [6.07, 6.45) is 4.86. The van der Waals surface area contributed by atoms with Gasteiger partial charge >= 0.3 is 0 Å². The Labute approximate surface area is 191 Å². The molecule has 2 aromatic carbocycles. The molecule has 0 radical (unpaired) electrons. The summed E-state index contributed by atoms with van der Waals surface area (Å²) in [5.74, 6) is 0.411. The van der Waals surface area contributed by atoms with Crippen LogP contribution in [0.1, 0.15) is 43.4 Å². The monoisotopic (exact) mass is 437 g/mol. The van der Waals surface area contributed by atoms with Crippen LogP contribution in [0.15, 0.2) is 42.5 Å². The van der Waals surface area contributed by atoms with Gasteiger partial charge in [0.15, 0.2) is 0 Å². The maximum atomic E-state index is 13.1. The van der Waals surface area contributed by atoms with Gasteiger partial charge in [-0.2, -0.15) is 0 Å². The Morgan fingerprint density at radius 1 is 1.06 bits per heavy atom. The van der Waals surface area contributed by atoms with Crippen molar-refractivity contribution in [2.45, 2.75) is 52.0 Å². The molecule has 2 aromatic rings. The van der Waals surface area contributed by atoms with Crippen molar-refractivity contribution >= 4 is 11.6 Å². The lowest BCUT2D eigenvalue weighted by Gasteiger charge is -2.38. The summed E-state index contributed by atoms with van der Waals surface area (Å²) in [7, 11) is 0. The molecule has 0 atom stereocenters. The molecule has 4 rings (SSSR count). The van der Waals surface area contributed by atoms with Gasteiger partial charge in [-0.05, 0) is 66.5 Å². The molecule has 2 aliphatic rings. The van der Waals surface area contributed by atoms with Crippen molar-refractivity contribution in [1.82, 2.24) is 10.2 Å². The standard InChI is InChI=1S/C27H36FN3O/c1-20(2)19-29-27(32)18-22-3-6-23-10-16-31(26(23)17-22)25-11-14-30(15-12-25)13-9-21-4-7-24(28)8-5-21/h3-8,17,20,25H,9-16,18-19H2,1-2H3,(H,29,32). The van der Waals surface area contributed by atoms with Crippen LogP contribution in [0.2, 0.25) is 0 Å². The number of halogens is 1. The maximum absolute atomic E-state index is 13.1. The Hall–Kier alpha value is -2.40. The zero-order chi connectivity index (χ0) is 22.5. The van der Waals surface area contributed by atoms with Crippen LogP contribution in [0.5, 0.6) is 0 Å². The molecule has 0 aliphatic carbocycles. The zero-order valence-corrected chi connectivity index (χ0v) is 19.4. The molecule has 0 spiro atoms. The summed E-state index contributed by atoms with van der Waals surface area (Å²) in [4.78, 5) is 17.4. The van der Waals surface area contributed by atoms with Crippen LogP contribution in [-0.2, 0) is 24.1 Å². The highest BCUT2D eigenvalue weighted by Gasteiger charge is 2.29. The molecule has 172 valence electrons. The summed E-state index contributed by atoms with van der Waals surface area (Å²) >= 11 is 0. The average Bonchev–Trinajstić information content (AvgIpc) is 3.21. The molecule has 1 N–H and O–H groups in total. The second-order valence-electron chi connectivity index (χ2n) is 9.73. The fraction of sp³-hybridized carbons (Fsp3) is 0.519. The summed E-state index contributed by atoms with van der Waals surface area (Å²) in [6.45, 7) is 9.28. The molecule has 0 saturated carbocycles. The summed E-state index contributed by atoms with van der Waals surface area (Å²) in [5.41, 5.74) is 5.06. The van der Waals surface area contributed by atoms with Crippen LogP contribution in [0.4, 0.5) is 10.1 Å². The van der Waals surface area contributed by atoms with Gasteiger partial charge in [0.2, 0.25) is 5.91 Å². The van der Waals surface area contributed by atoms with Crippen LogP contribution in [0, 0.1) is 11.7 Å². The number of nitrogens with one attached hydrogen (secondary N) is 1. The number of fused-ring (bicyclic) bond motifs is 1. The van der Waals surface area contributed by atoms with E-state index in [-0.39, 0.29) is 11.7 Å². The summed E-state index contributed by atoms with van der Waals surface area (Å²) < 4.78 is 13.1. The summed E-state index contributed by atoms with van der Waals surface area (Å²) in [6, 6.07) is 14.0. The molecule has 0 bridgehead atoms. The average molecular weight is 438 g/mol. The first kappa shape index (κ1) is 22.8. The first-order chi connectivity index (χ1) is 15.5. The Morgan fingerprint density at radius 2 is 1.78 bits per heavy atom. The van der Waals surface area contributed by atoms with Crippen molar-refractivity contribution in [3.8, 4) is 0 Å². The number of benzene rings is 2. The number of carbonyl (C=O) groups excluding carboxylic acids is 1. The van der Waals surface area contributed by atoms with Crippen molar-refractivity contribution in [3.05, 3.63) is 65.0 Å². The van der Waals surface area contributed by atoms with Crippen LogP contribution in [0.25, 0.3) is 0 Å². The lowest BCUT2D eigenvalue weighted by molar-refractivity contribution is -0.120.